The van der Waals surface area contributed by atoms with Crippen molar-refractivity contribution in [1.29, 1.82) is 0 Å². The fourth-order valence-electron chi connectivity index (χ4n) is 3.43. The highest BCUT2D eigenvalue weighted by Crippen LogP contribution is 2.08. The number of pyridine rings is 1. The molecule has 1 aliphatic heterocycles. The number of fused-ring (bicyclic) bond motifs is 1. The van der Waals surface area contributed by atoms with Crippen molar-refractivity contribution in [2.75, 3.05) is 32.7 Å². The Labute approximate surface area is 176 Å². The fourth-order valence-corrected chi connectivity index (χ4v) is 3.43. The number of carbonyl (C=O) groups excluding carboxylic acids is 3. The minimum Gasteiger partial charge on any atom is -0.360 e. The van der Waals surface area contributed by atoms with E-state index in [1.54, 1.807) is 34.1 Å². The molecule has 10 heteroatoms. The highest BCUT2D eigenvalue weighted by Gasteiger charge is 2.26. The van der Waals surface area contributed by atoms with Crippen LogP contribution in [0.25, 0.3) is 10.9 Å². The third-order valence-electron chi connectivity index (χ3n) is 5.14. The lowest BCUT2D eigenvalue weighted by Gasteiger charge is -2.34. The van der Waals surface area contributed by atoms with Gasteiger partial charge >= 0.3 is 0 Å². The van der Waals surface area contributed by atoms with Gasteiger partial charge in [-0.2, -0.15) is 0 Å². The number of aromatic amines is 1. The minimum absolute atomic E-state index is 0.0501. The van der Waals surface area contributed by atoms with Gasteiger partial charge in [0.25, 0.3) is 11.8 Å². The molecule has 0 spiro atoms. The second kappa shape index (κ2) is 8.74. The summed E-state index contributed by atoms with van der Waals surface area (Å²) in [5, 5.41) is 2.92. The summed E-state index contributed by atoms with van der Waals surface area (Å²) in [6.45, 7) is 1.18. The summed E-state index contributed by atoms with van der Waals surface area (Å²) in [7, 11) is 0. The molecule has 31 heavy (non-hydrogen) atoms. The Morgan fingerprint density at radius 1 is 1.03 bits per heavy atom. The Hall–Kier alpha value is -4.08. The van der Waals surface area contributed by atoms with Crippen LogP contribution in [0, 0.1) is 0 Å². The molecule has 10 nitrogen and oxygen atoms in total. The van der Waals surface area contributed by atoms with Gasteiger partial charge in [0.05, 0.1) is 12.7 Å². The number of benzene rings is 1. The molecule has 158 valence electrons. The zero-order valence-corrected chi connectivity index (χ0v) is 16.6. The molecule has 0 aliphatic carbocycles. The Kier molecular flexibility index (Phi) is 5.69. The van der Waals surface area contributed by atoms with Crippen molar-refractivity contribution in [2.24, 2.45) is 0 Å². The molecule has 1 fully saturated rings. The van der Waals surface area contributed by atoms with Crippen molar-refractivity contribution in [3.63, 3.8) is 0 Å². The lowest BCUT2D eigenvalue weighted by Crippen LogP contribution is -2.52. The van der Waals surface area contributed by atoms with Crippen LogP contribution in [-0.2, 0) is 4.79 Å². The van der Waals surface area contributed by atoms with Crippen LogP contribution in [0.5, 0.6) is 0 Å². The number of nitrogens with one attached hydrogen (secondary N) is 2. The van der Waals surface area contributed by atoms with Crippen molar-refractivity contribution < 1.29 is 14.4 Å². The largest absolute Gasteiger partial charge is 0.360 e. The highest BCUT2D eigenvalue weighted by atomic mass is 16.2. The van der Waals surface area contributed by atoms with Crippen LogP contribution in [0.4, 0.5) is 0 Å². The molecule has 0 atom stereocenters. The van der Waals surface area contributed by atoms with Crippen LogP contribution < -0.4 is 10.7 Å². The van der Waals surface area contributed by atoms with Crippen LogP contribution in [0.3, 0.4) is 0 Å². The Balaban J connectivity index is 1.32. The molecule has 0 unspecified atom stereocenters. The van der Waals surface area contributed by atoms with E-state index in [9.17, 15) is 19.2 Å². The van der Waals surface area contributed by atoms with Gasteiger partial charge in [0.15, 0.2) is 0 Å². The first-order chi connectivity index (χ1) is 15.0. The second-order valence-electron chi connectivity index (χ2n) is 7.02. The zero-order chi connectivity index (χ0) is 21.8. The van der Waals surface area contributed by atoms with E-state index in [0.29, 0.717) is 37.1 Å². The van der Waals surface area contributed by atoms with Crippen LogP contribution in [0.15, 0.2) is 53.8 Å². The lowest BCUT2D eigenvalue weighted by molar-refractivity contribution is -0.131. The summed E-state index contributed by atoms with van der Waals surface area (Å²) in [5.74, 6) is -1.13. The molecule has 3 amide bonds. The minimum atomic E-state index is -0.614. The molecule has 3 aromatic rings. The maximum atomic E-state index is 12.5. The highest BCUT2D eigenvalue weighted by molar-refractivity contribution is 5.98. The van der Waals surface area contributed by atoms with E-state index in [1.165, 1.54) is 24.8 Å². The number of amides is 3. The first-order valence-electron chi connectivity index (χ1n) is 9.76. The summed E-state index contributed by atoms with van der Waals surface area (Å²) >= 11 is 0. The summed E-state index contributed by atoms with van der Waals surface area (Å²) in [4.78, 5) is 63.8. The van der Waals surface area contributed by atoms with Gasteiger partial charge in [-0.1, -0.05) is 12.1 Å². The monoisotopic (exact) mass is 420 g/mol. The number of aromatic nitrogens is 3. The van der Waals surface area contributed by atoms with Crippen molar-refractivity contribution in [2.45, 2.75) is 0 Å². The Morgan fingerprint density at radius 3 is 2.52 bits per heavy atom. The van der Waals surface area contributed by atoms with Crippen LogP contribution in [-0.4, -0.2) is 75.2 Å². The molecule has 1 saturated heterocycles. The summed E-state index contributed by atoms with van der Waals surface area (Å²) in [5.41, 5.74) is 0.450. The van der Waals surface area contributed by atoms with Crippen molar-refractivity contribution in [3.8, 4) is 0 Å². The molecule has 4 rings (SSSR count). The average molecular weight is 420 g/mol. The first kappa shape index (κ1) is 20.2. The van der Waals surface area contributed by atoms with Gasteiger partial charge in [0, 0.05) is 55.7 Å². The van der Waals surface area contributed by atoms with Gasteiger partial charge in [-0.25, -0.2) is 4.98 Å². The number of nitrogens with zero attached hydrogens (tertiary/aromatic N) is 4. The molecule has 2 N–H and O–H groups in total. The van der Waals surface area contributed by atoms with E-state index in [0.717, 1.165) is 0 Å². The van der Waals surface area contributed by atoms with Crippen molar-refractivity contribution in [1.82, 2.24) is 30.1 Å². The lowest BCUT2D eigenvalue weighted by atomic mass is 10.1. The number of para-hydroxylation sites is 1. The molecule has 1 aromatic carbocycles. The molecule has 0 radical (unpaired) electrons. The summed E-state index contributed by atoms with van der Waals surface area (Å²) in [6, 6.07) is 6.89. The van der Waals surface area contributed by atoms with E-state index in [4.69, 9.17) is 0 Å². The summed E-state index contributed by atoms with van der Waals surface area (Å²) < 4.78 is 0. The normalized spacial score (nSPS) is 13.8. The van der Waals surface area contributed by atoms with Crippen LogP contribution >= 0.6 is 0 Å². The third-order valence-corrected chi connectivity index (χ3v) is 5.14. The molecule has 3 heterocycles. The molecule has 2 aromatic heterocycles. The quantitative estimate of drug-likeness (QED) is 0.613. The number of carbonyl (C=O) groups is 3. The standard InChI is InChI=1S/C21H20N6O4/c28-18(26-7-9-27(10-8-26)21(31)17-12-22-5-6-23-17)13-25-20(30)15-11-24-16-4-2-1-3-14(16)19(15)29/h1-6,11-12H,7-10,13H2,(H,24,29)(H,25,30). The van der Waals surface area contributed by atoms with Crippen LogP contribution in [0.1, 0.15) is 20.8 Å². The molecular formula is C21H20N6O4. The van der Waals surface area contributed by atoms with Gasteiger partial charge in [0.2, 0.25) is 11.3 Å². The number of piperazine rings is 1. The van der Waals surface area contributed by atoms with E-state index in [2.05, 4.69) is 20.3 Å². The van der Waals surface area contributed by atoms with Crippen molar-refractivity contribution in [3.05, 3.63) is 70.5 Å². The van der Waals surface area contributed by atoms with Crippen LogP contribution in [0.2, 0.25) is 0 Å². The average Bonchev–Trinajstić information content (AvgIpc) is 2.83. The molecule has 1 aliphatic rings. The number of rotatable bonds is 4. The second-order valence-corrected chi connectivity index (χ2v) is 7.02. The zero-order valence-electron chi connectivity index (χ0n) is 16.6. The Morgan fingerprint density at radius 2 is 1.77 bits per heavy atom. The third kappa shape index (κ3) is 4.27. The fraction of sp³-hybridized carbons (Fsp3) is 0.238. The smallest absolute Gasteiger partial charge is 0.274 e. The maximum Gasteiger partial charge on any atom is 0.274 e. The predicted molar refractivity (Wildman–Crippen MR) is 111 cm³/mol. The van der Waals surface area contributed by atoms with Gasteiger partial charge in [-0.3, -0.25) is 24.2 Å². The molecule has 0 saturated carbocycles. The SMILES string of the molecule is O=C(NCC(=O)N1CCN(C(=O)c2cnccn2)CC1)c1c[nH]c2ccccc2c1=O. The van der Waals surface area contributed by atoms with Crippen molar-refractivity contribution >= 4 is 28.6 Å². The van der Waals surface area contributed by atoms with Gasteiger partial charge in [-0.05, 0) is 12.1 Å². The van der Waals surface area contributed by atoms with E-state index in [-0.39, 0.29) is 29.6 Å². The first-order valence-corrected chi connectivity index (χ1v) is 9.76. The van der Waals surface area contributed by atoms with Gasteiger partial charge in [-0.15, -0.1) is 0 Å². The predicted octanol–water partition coefficient (Wildman–Crippen LogP) is 0.0325. The van der Waals surface area contributed by atoms with E-state index < -0.39 is 11.3 Å². The summed E-state index contributed by atoms with van der Waals surface area (Å²) in [6.07, 6.45) is 5.70. The van der Waals surface area contributed by atoms with E-state index >= 15 is 0 Å². The topological polar surface area (TPSA) is 128 Å². The Bertz CT molecular complexity index is 1190. The number of H-pyrrole nitrogens is 1. The van der Waals surface area contributed by atoms with E-state index in [1.807, 2.05) is 0 Å². The van der Waals surface area contributed by atoms with Gasteiger partial charge < -0.3 is 20.1 Å². The molecule has 0 bridgehead atoms. The number of hydrogen-bond donors (Lipinski definition) is 2. The number of hydrogen-bond acceptors (Lipinski definition) is 6. The van der Waals surface area contributed by atoms with Gasteiger partial charge in [0.1, 0.15) is 11.3 Å². The maximum absolute atomic E-state index is 12.5. The molecular weight excluding hydrogens is 400 g/mol.